The zero-order valence-corrected chi connectivity index (χ0v) is 12.5. The van der Waals surface area contributed by atoms with Crippen molar-refractivity contribution in [2.75, 3.05) is 26.8 Å². The lowest BCUT2D eigenvalue weighted by molar-refractivity contribution is -0.134. The molecule has 0 saturated carbocycles. The van der Waals surface area contributed by atoms with Gasteiger partial charge in [0.05, 0.1) is 17.6 Å². The van der Waals surface area contributed by atoms with Crippen LogP contribution in [0.15, 0.2) is 24.8 Å². The van der Waals surface area contributed by atoms with Gasteiger partial charge in [0.1, 0.15) is 6.61 Å². The van der Waals surface area contributed by atoms with E-state index < -0.39 is 0 Å². The molecule has 1 aliphatic heterocycles. The number of hydrogen-bond acceptors (Lipinski definition) is 5. The van der Waals surface area contributed by atoms with Crippen LogP contribution in [0.3, 0.4) is 0 Å². The number of H-pyrrole nitrogens is 1. The highest BCUT2D eigenvalue weighted by Gasteiger charge is 2.27. The third kappa shape index (κ3) is 3.14. The van der Waals surface area contributed by atoms with Gasteiger partial charge in [0.25, 0.3) is 0 Å². The molecule has 7 heteroatoms. The Balaban J connectivity index is 1.69. The smallest absolute Gasteiger partial charge is 0.248 e. The van der Waals surface area contributed by atoms with Gasteiger partial charge in [-0.1, -0.05) is 0 Å². The van der Waals surface area contributed by atoms with Crippen LogP contribution in [0.25, 0.3) is 11.3 Å². The summed E-state index contributed by atoms with van der Waals surface area (Å²) in [5.41, 5.74) is 2.75. The van der Waals surface area contributed by atoms with Crippen LogP contribution < -0.4 is 0 Å². The molecular weight excluding hydrogens is 282 g/mol. The molecule has 22 heavy (non-hydrogen) atoms. The van der Waals surface area contributed by atoms with Crippen LogP contribution in [0.5, 0.6) is 0 Å². The highest BCUT2D eigenvalue weighted by atomic mass is 16.5. The molecule has 7 nitrogen and oxygen atoms in total. The number of aromatic amines is 1. The predicted molar refractivity (Wildman–Crippen MR) is 79.9 cm³/mol. The van der Waals surface area contributed by atoms with E-state index in [2.05, 4.69) is 20.2 Å². The van der Waals surface area contributed by atoms with Gasteiger partial charge in [0, 0.05) is 44.4 Å². The number of hydrogen-bond donors (Lipinski definition) is 1. The maximum Gasteiger partial charge on any atom is 0.248 e. The van der Waals surface area contributed by atoms with Crippen molar-refractivity contribution in [1.82, 2.24) is 25.1 Å². The largest absolute Gasteiger partial charge is 0.375 e. The maximum absolute atomic E-state index is 11.9. The Morgan fingerprint density at radius 1 is 1.45 bits per heavy atom. The molecule has 1 atom stereocenters. The minimum absolute atomic E-state index is 0.0548. The number of amides is 1. The van der Waals surface area contributed by atoms with Crippen LogP contribution in [0.4, 0.5) is 0 Å². The van der Waals surface area contributed by atoms with Crippen molar-refractivity contribution in [3.8, 4) is 11.3 Å². The van der Waals surface area contributed by atoms with Gasteiger partial charge in [0.2, 0.25) is 5.91 Å². The van der Waals surface area contributed by atoms with Crippen molar-refractivity contribution in [2.45, 2.75) is 12.8 Å². The van der Waals surface area contributed by atoms with Gasteiger partial charge in [-0.25, -0.2) is 0 Å². The molecule has 0 aromatic carbocycles. The number of methoxy groups -OCH3 is 1. The molecule has 2 aromatic rings. The minimum Gasteiger partial charge on any atom is -0.375 e. The number of carbonyl (C=O) groups excluding carboxylic acids is 1. The second-order valence-electron chi connectivity index (χ2n) is 5.47. The molecule has 2 aromatic heterocycles. The lowest BCUT2D eigenvalue weighted by Crippen LogP contribution is -2.31. The lowest BCUT2D eigenvalue weighted by Gasteiger charge is -2.16. The Labute approximate surface area is 128 Å². The second-order valence-corrected chi connectivity index (χ2v) is 5.47. The Morgan fingerprint density at radius 3 is 3.09 bits per heavy atom. The number of ether oxygens (including phenoxy) is 1. The van der Waals surface area contributed by atoms with E-state index in [4.69, 9.17) is 4.74 Å². The van der Waals surface area contributed by atoms with E-state index in [9.17, 15) is 4.79 Å². The van der Waals surface area contributed by atoms with E-state index in [0.717, 1.165) is 42.9 Å². The summed E-state index contributed by atoms with van der Waals surface area (Å²) in [7, 11) is 1.54. The molecule has 1 N–H and O–H groups in total. The Bertz CT molecular complexity index is 629. The number of aromatic nitrogens is 4. The van der Waals surface area contributed by atoms with Crippen LogP contribution in [-0.4, -0.2) is 57.8 Å². The topological polar surface area (TPSA) is 84.0 Å². The molecule has 3 rings (SSSR count). The maximum atomic E-state index is 11.9. The number of nitrogens with zero attached hydrogens (tertiary/aromatic N) is 4. The molecule has 0 bridgehead atoms. The molecule has 0 radical (unpaired) electrons. The summed E-state index contributed by atoms with van der Waals surface area (Å²) >= 11 is 0. The third-order valence-corrected chi connectivity index (χ3v) is 3.93. The predicted octanol–water partition coefficient (Wildman–Crippen LogP) is 0.904. The second kappa shape index (κ2) is 6.65. The Hall–Kier alpha value is -2.28. The molecule has 1 aliphatic rings. The van der Waals surface area contributed by atoms with Crippen molar-refractivity contribution in [3.63, 3.8) is 0 Å². The normalized spacial score (nSPS) is 17.9. The Morgan fingerprint density at radius 2 is 2.32 bits per heavy atom. The molecular formula is C15H19N5O2. The van der Waals surface area contributed by atoms with Crippen molar-refractivity contribution in [1.29, 1.82) is 0 Å². The van der Waals surface area contributed by atoms with Gasteiger partial charge in [-0.15, -0.1) is 0 Å². The molecule has 116 valence electrons. The first-order valence-electron chi connectivity index (χ1n) is 7.33. The monoisotopic (exact) mass is 301 g/mol. The fraction of sp³-hybridized carbons (Fsp3) is 0.467. The third-order valence-electron chi connectivity index (χ3n) is 3.93. The summed E-state index contributed by atoms with van der Waals surface area (Å²) in [5.74, 6) is 0.461. The molecule has 1 saturated heterocycles. The SMILES string of the molecule is COCC(=O)N1CC[C@H](Cc2nccnc2-c2cn[nH]c2)C1. The van der Waals surface area contributed by atoms with Crippen molar-refractivity contribution in [3.05, 3.63) is 30.5 Å². The first-order valence-corrected chi connectivity index (χ1v) is 7.33. The minimum atomic E-state index is 0.0548. The summed E-state index contributed by atoms with van der Waals surface area (Å²) < 4.78 is 4.91. The molecule has 1 amide bonds. The molecule has 0 unspecified atom stereocenters. The first-order chi connectivity index (χ1) is 10.8. The summed E-state index contributed by atoms with van der Waals surface area (Å²) in [6.45, 7) is 1.69. The van der Waals surface area contributed by atoms with Gasteiger partial charge < -0.3 is 9.64 Å². The standard InChI is InChI=1S/C15H19N5O2/c1-22-10-14(21)20-5-2-11(9-20)6-13-15(17-4-3-16-13)12-7-18-19-8-12/h3-4,7-8,11H,2,5-6,9-10H2,1H3,(H,18,19)/t11-/m1/s1. The first kappa shape index (κ1) is 14.6. The molecule has 0 aliphatic carbocycles. The van der Waals surface area contributed by atoms with E-state index in [0.29, 0.717) is 5.92 Å². The fourth-order valence-corrected chi connectivity index (χ4v) is 2.85. The van der Waals surface area contributed by atoms with Crippen LogP contribution >= 0.6 is 0 Å². The summed E-state index contributed by atoms with van der Waals surface area (Å²) in [6, 6.07) is 0. The lowest BCUT2D eigenvalue weighted by atomic mass is 10.00. The summed E-state index contributed by atoms with van der Waals surface area (Å²) in [4.78, 5) is 22.6. The molecule has 1 fully saturated rings. The van der Waals surface area contributed by atoms with Crippen molar-refractivity contribution in [2.24, 2.45) is 5.92 Å². The quantitative estimate of drug-likeness (QED) is 0.887. The van der Waals surface area contributed by atoms with Crippen LogP contribution in [0.1, 0.15) is 12.1 Å². The summed E-state index contributed by atoms with van der Waals surface area (Å²) in [6.07, 6.45) is 8.76. The highest BCUT2D eigenvalue weighted by molar-refractivity contribution is 5.77. The van der Waals surface area contributed by atoms with E-state index in [1.165, 1.54) is 0 Å². The number of rotatable bonds is 5. The molecule has 0 spiro atoms. The van der Waals surface area contributed by atoms with Gasteiger partial charge in [-0.2, -0.15) is 5.10 Å². The van der Waals surface area contributed by atoms with Crippen LogP contribution in [0.2, 0.25) is 0 Å². The highest BCUT2D eigenvalue weighted by Crippen LogP contribution is 2.25. The molecule has 3 heterocycles. The average Bonchev–Trinajstić information content (AvgIpc) is 3.19. The van der Waals surface area contributed by atoms with Crippen LogP contribution in [0, 0.1) is 5.92 Å². The van der Waals surface area contributed by atoms with Gasteiger partial charge in [-0.05, 0) is 18.8 Å². The zero-order valence-electron chi connectivity index (χ0n) is 12.5. The van der Waals surface area contributed by atoms with E-state index in [-0.39, 0.29) is 12.5 Å². The average molecular weight is 301 g/mol. The van der Waals surface area contributed by atoms with E-state index in [1.807, 2.05) is 11.1 Å². The van der Waals surface area contributed by atoms with E-state index in [1.54, 1.807) is 25.7 Å². The van der Waals surface area contributed by atoms with Gasteiger partial charge in [0.15, 0.2) is 0 Å². The van der Waals surface area contributed by atoms with Gasteiger partial charge >= 0.3 is 0 Å². The summed E-state index contributed by atoms with van der Waals surface area (Å²) in [5, 5.41) is 6.77. The van der Waals surface area contributed by atoms with Crippen molar-refractivity contribution < 1.29 is 9.53 Å². The number of likely N-dealkylation sites (tertiary alicyclic amines) is 1. The van der Waals surface area contributed by atoms with Crippen LogP contribution in [-0.2, 0) is 16.0 Å². The number of carbonyl (C=O) groups is 1. The zero-order chi connectivity index (χ0) is 15.4. The number of nitrogens with one attached hydrogen (secondary N) is 1. The van der Waals surface area contributed by atoms with E-state index >= 15 is 0 Å². The van der Waals surface area contributed by atoms with Gasteiger partial charge in [-0.3, -0.25) is 19.9 Å². The van der Waals surface area contributed by atoms with Crippen molar-refractivity contribution >= 4 is 5.91 Å². The Kier molecular flexibility index (Phi) is 4.43. The fourth-order valence-electron chi connectivity index (χ4n) is 2.85.